The van der Waals surface area contributed by atoms with E-state index in [0.29, 0.717) is 6.61 Å². The number of fused-ring (bicyclic) bond motifs is 1. The summed E-state index contributed by atoms with van der Waals surface area (Å²) in [6.45, 7) is 5.65. The van der Waals surface area contributed by atoms with E-state index in [9.17, 15) is 0 Å². The van der Waals surface area contributed by atoms with Crippen LogP contribution in [0.3, 0.4) is 0 Å². The molecule has 0 amide bonds. The lowest BCUT2D eigenvalue weighted by atomic mass is 9.91. The molecule has 1 aliphatic rings. The van der Waals surface area contributed by atoms with E-state index in [4.69, 9.17) is 18.9 Å². The second-order valence-electron chi connectivity index (χ2n) is 7.53. The number of benzene rings is 2. The van der Waals surface area contributed by atoms with Gasteiger partial charge in [-0.2, -0.15) is 0 Å². The average Bonchev–Trinajstić information content (AvgIpc) is 3.04. The van der Waals surface area contributed by atoms with Gasteiger partial charge < -0.3 is 23.8 Å². The van der Waals surface area contributed by atoms with Crippen LogP contribution in [-0.4, -0.2) is 46.4 Å². The number of ether oxygens (including phenoxy) is 4. The van der Waals surface area contributed by atoms with E-state index in [2.05, 4.69) is 30.0 Å². The molecular formula is C24H31NO4. The Labute approximate surface area is 173 Å². The Balaban J connectivity index is 1.87. The van der Waals surface area contributed by atoms with Crippen LogP contribution in [0.4, 0.5) is 0 Å². The van der Waals surface area contributed by atoms with Crippen LogP contribution in [0.15, 0.2) is 36.4 Å². The van der Waals surface area contributed by atoms with Gasteiger partial charge >= 0.3 is 0 Å². The Kier molecular flexibility index (Phi) is 6.70. The van der Waals surface area contributed by atoms with Crippen LogP contribution in [0.1, 0.15) is 42.6 Å². The number of rotatable bonds is 8. The van der Waals surface area contributed by atoms with E-state index in [0.717, 1.165) is 46.2 Å². The van der Waals surface area contributed by atoms with Crippen molar-refractivity contribution in [1.82, 2.24) is 4.90 Å². The molecule has 1 aliphatic heterocycles. The topological polar surface area (TPSA) is 40.2 Å². The maximum atomic E-state index is 6.36. The molecule has 0 aromatic heterocycles. The first-order valence-electron chi connectivity index (χ1n) is 9.95. The zero-order valence-electron chi connectivity index (χ0n) is 18.2. The molecule has 5 nitrogen and oxygen atoms in total. The van der Waals surface area contributed by atoms with Crippen molar-refractivity contribution in [2.75, 3.05) is 41.5 Å². The highest BCUT2D eigenvalue weighted by Gasteiger charge is 2.35. The van der Waals surface area contributed by atoms with Crippen LogP contribution >= 0.6 is 0 Å². The van der Waals surface area contributed by atoms with E-state index < -0.39 is 0 Å². The summed E-state index contributed by atoms with van der Waals surface area (Å²) in [7, 11) is 7.39. The highest BCUT2D eigenvalue weighted by Crippen LogP contribution is 2.51. The Morgan fingerprint density at radius 2 is 1.79 bits per heavy atom. The largest absolute Gasteiger partial charge is 0.493 e. The van der Waals surface area contributed by atoms with E-state index in [-0.39, 0.29) is 12.0 Å². The molecule has 2 aromatic rings. The SMILES string of the molecule is C/C=C/c1cc(OC)c2c(c1)[C@H](C)[C@@H](c1ccc(OCCN(C)C)c(OC)c1)O2. The van der Waals surface area contributed by atoms with Gasteiger partial charge in [0.05, 0.1) is 14.2 Å². The van der Waals surface area contributed by atoms with Crippen molar-refractivity contribution in [3.63, 3.8) is 0 Å². The molecule has 156 valence electrons. The van der Waals surface area contributed by atoms with Crippen LogP contribution in [-0.2, 0) is 0 Å². The smallest absolute Gasteiger partial charge is 0.165 e. The molecule has 2 atom stereocenters. The number of hydrogen-bond donors (Lipinski definition) is 0. The summed E-state index contributed by atoms with van der Waals surface area (Å²) in [5.41, 5.74) is 3.33. The molecular weight excluding hydrogens is 366 g/mol. The number of allylic oxidation sites excluding steroid dienone is 1. The third-order valence-corrected chi connectivity index (χ3v) is 5.19. The molecule has 2 aromatic carbocycles. The summed E-state index contributed by atoms with van der Waals surface area (Å²) in [4.78, 5) is 2.08. The molecule has 0 fully saturated rings. The van der Waals surface area contributed by atoms with Crippen LogP contribution < -0.4 is 18.9 Å². The first-order valence-corrected chi connectivity index (χ1v) is 9.95. The minimum atomic E-state index is -0.107. The fourth-order valence-electron chi connectivity index (χ4n) is 3.62. The normalized spacial score (nSPS) is 18.0. The van der Waals surface area contributed by atoms with Gasteiger partial charge in [-0.05, 0) is 56.4 Å². The Morgan fingerprint density at radius 3 is 2.45 bits per heavy atom. The second-order valence-corrected chi connectivity index (χ2v) is 7.53. The monoisotopic (exact) mass is 397 g/mol. The molecule has 1 heterocycles. The van der Waals surface area contributed by atoms with Crippen molar-refractivity contribution in [2.24, 2.45) is 0 Å². The third-order valence-electron chi connectivity index (χ3n) is 5.19. The lowest BCUT2D eigenvalue weighted by Gasteiger charge is -2.19. The summed E-state index contributed by atoms with van der Waals surface area (Å²) < 4.78 is 23.4. The summed E-state index contributed by atoms with van der Waals surface area (Å²) in [6.07, 6.45) is 3.99. The van der Waals surface area contributed by atoms with Gasteiger partial charge in [-0.25, -0.2) is 0 Å². The van der Waals surface area contributed by atoms with Gasteiger partial charge in [-0.1, -0.05) is 25.1 Å². The summed E-state index contributed by atoms with van der Waals surface area (Å²) in [5.74, 6) is 3.24. The predicted molar refractivity (Wildman–Crippen MR) is 117 cm³/mol. The second kappa shape index (κ2) is 9.23. The van der Waals surface area contributed by atoms with Gasteiger partial charge in [0.15, 0.2) is 23.0 Å². The molecule has 0 aliphatic carbocycles. The molecule has 0 saturated heterocycles. The van der Waals surface area contributed by atoms with Gasteiger partial charge in [-0.3, -0.25) is 0 Å². The number of methoxy groups -OCH3 is 2. The van der Waals surface area contributed by atoms with Crippen LogP contribution in [0.2, 0.25) is 0 Å². The quantitative estimate of drug-likeness (QED) is 0.633. The van der Waals surface area contributed by atoms with Crippen molar-refractivity contribution >= 4 is 6.08 Å². The zero-order valence-corrected chi connectivity index (χ0v) is 18.2. The van der Waals surface area contributed by atoms with Gasteiger partial charge in [0.2, 0.25) is 0 Å². The van der Waals surface area contributed by atoms with E-state index in [1.165, 1.54) is 0 Å². The molecule has 0 bridgehead atoms. The molecule has 0 spiro atoms. The van der Waals surface area contributed by atoms with Crippen LogP contribution in [0, 0.1) is 0 Å². The Morgan fingerprint density at radius 1 is 1.03 bits per heavy atom. The molecule has 0 N–H and O–H groups in total. The Bertz CT molecular complexity index is 875. The average molecular weight is 398 g/mol. The lowest BCUT2D eigenvalue weighted by Crippen LogP contribution is -2.19. The number of hydrogen-bond acceptors (Lipinski definition) is 5. The van der Waals surface area contributed by atoms with E-state index in [1.807, 2.05) is 45.3 Å². The summed E-state index contributed by atoms with van der Waals surface area (Å²) in [5, 5.41) is 0. The fraction of sp³-hybridized carbons (Fsp3) is 0.417. The van der Waals surface area contributed by atoms with Crippen LogP contribution in [0.5, 0.6) is 23.0 Å². The van der Waals surface area contributed by atoms with Crippen molar-refractivity contribution < 1.29 is 18.9 Å². The number of nitrogens with zero attached hydrogens (tertiary/aromatic N) is 1. The molecule has 0 unspecified atom stereocenters. The third kappa shape index (κ3) is 4.51. The Hall–Kier alpha value is -2.66. The van der Waals surface area contributed by atoms with Crippen molar-refractivity contribution in [3.05, 3.63) is 53.1 Å². The minimum absolute atomic E-state index is 0.107. The first kappa shape index (κ1) is 21.1. The molecule has 5 heteroatoms. The molecule has 0 saturated carbocycles. The fourth-order valence-corrected chi connectivity index (χ4v) is 3.62. The zero-order chi connectivity index (χ0) is 21.0. The standard InChI is InChI=1S/C24H31NO4/c1-7-8-17-13-19-16(2)23(29-24(19)22(14-17)27-6)18-9-10-20(21(15-18)26-5)28-12-11-25(3)4/h7-10,13-16,23H,11-12H2,1-6H3/b8-7+/t16-,23-/m0/s1. The predicted octanol–water partition coefficient (Wildman–Crippen LogP) is 4.91. The molecule has 0 radical (unpaired) electrons. The lowest BCUT2D eigenvalue weighted by molar-refractivity contribution is 0.207. The summed E-state index contributed by atoms with van der Waals surface area (Å²) >= 11 is 0. The molecule has 29 heavy (non-hydrogen) atoms. The van der Waals surface area contributed by atoms with Gasteiger partial charge in [-0.15, -0.1) is 0 Å². The van der Waals surface area contributed by atoms with Crippen molar-refractivity contribution in [3.8, 4) is 23.0 Å². The van der Waals surface area contributed by atoms with Crippen LogP contribution in [0.25, 0.3) is 6.08 Å². The highest BCUT2D eigenvalue weighted by atomic mass is 16.5. The first-order chi connectivity index (χ1) is 14.0. The maximum Gasteiger partial charge on any atom is 0.165 e. The van der Waals surface area contributed by atoms with Crippen molar-refractivity contribution in [1.29, 1.82) is 0 Å². The minimum Gasteiger partial charge on any atom is -0.493 e. The summed E-state index contributed by atoms with van der Waals surface area (Å²) in [6, 6.07) is 10.2. The van der Waals surface area contributed by atoms with Crippen molar-refractivity contribution in [2.45, 2.75) is 25.9 Å². The van der Waals surface area contributed by atoms with E-state index >= 15 is 0 Å². The maximum absolute atomic E-state index is 6.36. The number of likely N-dealkylation sites (N-methyl/N-ethyl adjacent to an activating group) is 1. The van der Waals surface area contributed by atoms with E-state index in [1.54, 1.807) is 14.2 Å². The van der Waals surface area contributed by atoms with Gasteiger partial charge in [0.25, 0.3) is 0 Å². The van der Waals surface area contributed by atoms with Gasteiger partial charge in [0, 0.05) is 18.0 Å². The molecule has 3 rings (SSSR count). The highest BCUT2D eigenvalue weighted by molar-refractivity contribution is 5.62. The van der Waals surface area contributed by atoms with Gasteiger partial charge in [0.1, 0.15) is 12.7 Å².